The lowest BCUT2D eigenvalue weighted by molar-refractivity contribution is 0.161. The van der Waals surface area contributed by atoms with Gasteiger partial charge in [-0.15, -0.1) is 0 Å². The average Bonchev–Trinajstić information content (AvgIpc) is 2.82. The van der Waals surface area contributed by atoms with E-state index >= 15 is 0 Å². The van der Waals surface area contributed by atoms with E-state index in [0.717, 1.165) is 5.56 Å². The largest absolute Gasteiger partial charge is 0.348 e. The summed E-state index contributed by atoms with van der Waals surface area (Å²) in [7, 11) is -3.69. The molecule has 7 heteroatoms. The molecule has 0 amide bonds. The van der Waals surface area contributed by atoms with Crippen LogP contribution in [0.25, 0.3) is 0 Å². The van der Waals surface area contributed by atoms with Crippen LogP contribution in [0.15, 0.2) is 42.7 Å². The van der Waals surface area contributed by atoms with Crippen molar-refractivity contribution in [2.24, 2.45) is 0 Å². The van der Waals surface area contributed by atoms with E-state index < -0.39 is 7.60 Å². The lowest BCUT2D eigenvalue weighted by atomic mass is 10.2. The normalized spacial score (nSPS) is 14.3. The molecule has 18 heavy (non-hydrogen) atoms. The van der Waals surface area contributed by atoms with E-state index in [1.807, 2.05) is 30.3 Å². The van der Waals surface area contributed by atoms with E-state index in [0.29, 0.717) is 12.1 Å². The Kier molecular flexibility index (Phi) is 4.28. The van der Waals surface area contributed by atoms with Gasteiger partial charge in [0.15, 0.2) is 0 Å². The monoisotopic (exact) mass is 267 g/mol. The molecule has 96 valence electrons. The first-order chi connectivity index (χ1) is 8.66. The van der Waals surface area contributed by atoms with Gasteiger partial charge in [-0.1, -0.05) is 30.3 Å². The molecule has 0 saturated heterocycles. The number of H-pyrrole nitrogens is 1. The van der Waals surface area contributed by atoms with E-state index in [2.05, 4.69) is 15.7 Å². The number of aromatic nitrogens is 2. The molecule has 0 radical (unpaired) electrons. The zero-order chi connectivity index (χ0) is 12.8. The Bertz CT molecular complexity index is 516. The van der Waals surface area contributed by atoms with Gasteiger partial charge < -0.3 is 4.89 Å². The second-order valence-corrected chi connectivity index (χ2v) is 5.57. The molecular formula is C11H14N3O3P. The highest BCUT2D eigenvalue weighted by Crippen LogP contribution is 2.44. The minimum atomic E-state index is -3.69. The van der Waals surface area contributed by atoms with E-state index in [1.54, 1.807) is 6.20 Å². The van der Waals surface area contributed by atoms with E-state index in [9.17, 15) is 9.46 Å². The van der Waals surface area contributed by atoms with Crippen molar-refractivity contribution < 1.29 is 14.1 Å². The van der Waals surface area contributed by atoms with Crippen molar-refractivity contribution in [2.45, 2.75) is 12.7 Å². The van der Waals surface area contributed by atoms with Crippen LogP contribution < -0.4 is 5.48 Å². The number of hydrogen-bond acceptors (Lipinski definition) is 4. The minimum absolute atomic E-state index is 0.0781. The highest BCUT2D eigenvalue weighted by Gasteiger charge is 2.20. The first kappa shape index (κ1) is 13.0. The second-order valence-electron chi connectivity index (χ2n) is 3.80. The van der Waals surface area contributed by atoms with Crippen molar-refractivity contribution in [3.8, 4) is 0 Å². The molecule has 1 heterocycles. The molecule has 0 fully saturated rings. The molecule has 1 aromatic carbocycles. The minimum Gasteiger partial charge on any atom is -0.323 e. The Labute approximate surface area is 104 Å². The van der Waals surface area contributed by atoms with Crippen LogP contribution in [0.5, 0.6) is 0 Å². The number of benzene rings is 1. The summed E-state index contributed by atoms with van der Waals surface area (Å²) in [6.07, 6.45) is 2.97. The van der Waals surface area contributed by atoms with E-state index in [4.69, 9.17) is 4.62 Å². The standard InChI is InChI=1S/C11H14N3O3P/c15-18(16,9-11-6-12-13-7-11)17-14-8-10-4-2-1-3-5-10/h1-7,14H,8-9H2,(H,12,13)(H,15,16). The predicted octanol–water partition coefficient (Wildman–Crippen LogP) is 1.82. The molecule has 0 aliphatic carbocycles. The van der Waals surface area contributed by atoms with Crippen molar-refractivity contribution in [1.82, 2.24) is 15.7 Å². The van der Waals surface area contributed by atoms with Gasteiger partial charge in [-0.05, 0) is 5.56 Å². The summed E-state index contributed by atoms with van der Waals surface area (Å²) < 4.78 is 16.5. The lowest BCUT2D eigenvalue weighted by Gasteiger charge is -2.11. The van der Waals surface area contributed by atoms with Crippen molar-refractivity contribution in [2.75, 3.05) is 0 Å². The molecular weight excluding hydrogens is 253 g/mol. The van der Waals surface area contributed by atoms with Crippen LogP contribution in [-0.2, 0) is 21.9 Å². The smallest absolute Gasteiger partial charge is 0.323 e. The van der Waals surface area contributed by atoms with E-state index in [1.165, 1.54) is 6.20 Å². The fraction of sp³-hybridized carbons (Fsp3) is 0.182. The van der Waals surface area contributed by atoms with Gasteiger partial charge in [-0.25, -0.2) is 4.62 Å². The first-order valence-electron chi connectivity index (χ1n) is 5.40. The summed E-state index contributed by atoms with van der Waals surface area (Å²) in [6, 6.07) is 9.48. The Morgan fingerprint density at radius 2 is 2.11 bits per heavy atom. The van der Waals surface area contributed by atoms with Gasteiger partial charge in [-0.3, -0.25) is 9.66 Å². The zero-order valence-corrected chi connectivity index (χ0v) is 10.5. The van der Waals surface area contributed by atoms with Crippen LogP contribution in [0.3, 0.4) is 0 Å². The van der Waals surface area contributed by atoms with Gasteiger partial charge in [0.2, 0.25) is 0 Å². The molecule has 2 aromatic rings. The molecule has 0 bridgehead atoms. The molecule has 0 spiro atoms. The predicted molar refractivity (Wildman–Crippen MR) is 66.5 cm³/mol. The SMILES string of the molecule is O=P(O)(Cc1cn[nH]c1)ONCc1ccccc1. The Morgan fingerprint density at radius 3 is 2.78 bits per heavy atom. The maximum Gasteiger partial charge on any atom is 0.348 e. The molecule has 1 atom stereocenters. The maximum atomic E-state index is 11.7. The Balaban J connectivity index is 1.80. The van der Waals surface area contributed by atoms with Crippen molar-refractivity contribution >= 4 is 7.60 Å². The van der Waals surface area contributed by atoms with Crippen LogP contribution in [0.1, 0.15) is 11.1 Å². The molecule has 3 N–H and O–H groups in total. The third kappa shape index (κ3) is 4.09. The molecule has 0 aliphatic rings. The Hall–Kier alpha value is -1.46. The van der Waals surface area contributed by atoms with Gasteiger partial charge >= 0.3 is 7.60 Å². The van der Waals surface area contributed by atoms with Crippen LogP contribution in [0.4, 0.5) is 0 Å². The van der Waals surface area contributed by atoms with Gasteiger partial charge in [0, 0.05) is 18.3 Å². The van der Waals surface area contributed by atoms with Gasteiger partial charge in [-0.2, -0.15) is 10.6 Å². The first-order valence-corrected chi connectivity index (χ1v) is 7.17. The summed E-state index contributed by atoms with van der Waals surface area (Å²) in [5, 5.41) is 6.28. The number of nitrogens with one attached hydrogen (secondary N) is 2. The summed E-state index contributed by atoms with van der Waals surface area (Å²) >= 11 is 0. The molecule has 1 aromatic heterocycles. The Morgan fingerprint density at radius 1 is 1.33 bits per heavy atom. The third-order valence-corrected chi connectivity index (χ3v) is 3.44. The summed E-state index contributed by atoms with van der Waals surface area (Å²) in [6.45, 7) is 0.372. The lowest BCUT2D eigenvalue weighted by Crippen LogP contribution is -2.12. The van der Waals surface area contributed by atoms with Gasteiger partial charge in [0.1, 0.15) is 0 Å². The van der Waals surface area contributed by atoms with Crippen LogP contribution in [0, 0.1) is 0 Å². The fourth-order valence-electron chi connectivity index (χ4n) is 1.44. The number of hydroxylamine groups is 1. The number of nitrogens with zero attached hydrogens (tertiary/aromatic N) is 1. The van der Waals surface area contributed by atoms with Crippen LogP contribution in [-0.4, -0.2) is 15.1 Å². The molecule has 0 saturated carbocycles. The summed E-state index contributed by atoms with van der Waals surface area (Å²) in [5.74, 6) is 0. The fourth-order valence-corrected chi connectivity index (χ4v) is 2.40. The molecule has 6 nitrogen and oxygen atoms in total. The van der Waals surface area contributed by atoms with Crippen LogP contribution >= 0.6 is 7.60 Å². The average molecular weight is 267 g/mol. The highest BCUT2D eigenvalue weighted by molar-refractivity contribution is 7.51. The highest BCUT2D eigenvalue weighted by atomic mass is 31.2. The molecule has 1 unspecified atom stereocenters. The van der Waals surface area contributed by atoms with Crippen molar-refractivity contribution in [1.29, 1.82) is 0 Å². The number of rotatable bonds is 6. The van der Waals surface area contributed by atoms with Gasteiger partial charge in [0.05, 0.1) is 12.4 Å². The molecule has 0 aliphatic heterocycles. The summed E-state index contributed by atoms with van der Waals surface area (Å²) in [4.78, 5) is 9.59. The van der Waals surface area contributed by atoms with Crippen LogP contribution in [0.2, 0.25) is 0 Å². The van der Waals surface area contributed by atoms with E-state index in [-0.39, 0.29) is 6.16 Å². The second kappa shape index (κ2) is 5.93. The van der Waals surface area contributed by atoms with Crippen molar-refractivity contribution in [3.05, 3.63) is 53.9 Å². The topological polar surface area (TPSA) is 87.2 Å². The van der Waals surface area contributed by atoms with Crippen molar-refractivity contribution in [3.63, 3.8) is 0 Å². The maximum absolute atomic E-state index is 11.7. The quantitative estimate of drug-likeness (QED) is 0.549. The molecule has 2 rings (SSSR count). The number of aromatic amines is 1. The number of hydrogen-bond donors (Lipinski definition) is 3. The van der Waals surface area contributed by atoms with Gasteiger partial charge in [0.25, 0.3) is 0 Å². The third-order valence-electron chi connectivity index (χ3n) is 2.26. The summed E-state index contributed by atoms with van der Waals surface area (Å²) in [5.41, 5.74) is 4.11. The zero-order valence-electron chi connectivity index (χ0n) is 9.61.